The molecule has 2 heterocycles. The molecule has 1 saturated carbocycles. The second-order valence-electron chi connectivity index (χ2n) is 7.82. The molecule has 0 aromatic heterocycles. The Labute approximate surface area is 151 Å². The van der Waals surface area contributed by atoms with Crippen molar-refractivity contribution in [3.8, 4) is 0 Å². The molecule has 0 unspecified atom stereocenters. The Morgan fingerprint density at radius 3 is 2.17 bits per heavy atom. The largest absolute Gasteiger partial charge is 0.353 e. The van der Waals surface area contributed by atoms with Crippen molar-refractivity contribution in [3.63, 3.8) is 0 Å². The maximum atomic E-state index is 11.5. The lowest BCUT2D eigenvalue weighted by Gasteiger charge is -2.52. The van der Waals surface area contributed by atoms with Crippen LogP contribution >= 0.6 is 11.9 Å². The third-order valence-electron chi connectivity index (χ3n) is 6.28. The summed E-state index contributed by atoms with van der Waals surface area (Å²) >= 11 is 1.88. The number of hydrogen-bond donors (Lipinski definition) is 1. The second kappa shape index (κ2) is 8.39. The smallest absolute Gasteiger partial charge is 0.219 e. The number of likely N-dealkylation sites (tertiary alicyclic amines) is 1. The predicted molar refractivity (Wildman–Crippen MR) is 101 cm³/mol. The molecule has 1 N–H and O–H groups in total. The van der Waals surface area contributed by atoms with Crippen molar-refractivity contribution in [2.24, 2.45) is 5.41 Å². The molecule has 0 atom stereocenters. The first kappa shape index (κ1) is 18.5. The molecule has 0 bridgehead atoms. The maximum absolute atomic E-state index is 11.5. The number of carbonyl (C=O) groups is 1. The van der Waals surface area contributed by atoms with Crippen molar-refractivity contribution >= 4 is 17.9 Å². The third kappa shape index (κ3) is 4.65. The number of rotatable bonds is 6. The maximum Gasteiger partial charge on any atom is 0.219 e. The average Bonchev–Trinajstić information content (AvgIpc) is 2.60. The quantitative estimate of drug-likeness (QED) is 0.735. The van der Waals surface area contributed by atoms with Gasteiger partial charge in [0.2, 0.25) is 5.91 Å². The summed E-state index contributed by atoms with van der Waals surface area (Å²) in [6.07, 6.45) is 7.87. The summed E-state index contributed by atoms with van der Waals surface area (Å²) in [5.41, 5.74) is 0.548. The number of nitrogens with one attached hydrogen (secondary N) is 1. The first-order chi connectivity index (χ1) is 11.6. The van der Waals surface area contributed by atoms with E-state index in [4.69, 9.17) is 0 Å². The number of piperazine rings is 1. The van der Waals surface area contributed by atoms with Crippen molar-refractivity contribution in [2.75, 3.05) is 58.6 Å². The fraction of sp³-hybridized carbons (Fsp3) is 0.944. The zero-order valence-corrected chi connectivity index (χ0v) is 16.2. The lowest BCUT2D eigenvalue weighted by atomic mass is 9.60. The predicted octanol–water partition coefficient (Wildman–Crippen LogP) is 1.65. The molecule has 6 heteroatoms. The molecule has 24 heavy (non-hydrogen) atoms. The van der Waals surface area contributed by atoms with Crippen molar-refractivity contribution in [2.45, 2.75) is 45.1 Å². The minimum absolute atomic E-state index is 0.217. The number of carbonyl (C=O) groups excluding carboxylic acids is 1. The Morgan fingerprint density at radius 2 is 1.62 bits per heavy atom. The Morgan fingerprint density at radius 1 is 1.04 bits per heavy atom. The van der Waals surface area contributed by atoms with E-state index < -0.39 is 0 Å². The molecule has 0 aromatic rings. The van der Waals surface area contributed by atoms with Gasteiger partial charge in [0, 0.05) is 51.7 Å². The van der Waals surface area contributed by atoms with E-state index >= 15 is 0 Å². The van der Waals surface area contributed by atoms with Gasteiger partial charge in [0.1, 0.15) is 0 Å². The Balaban J connectivity index is 1.30. The molecule has 3 fully saturated rings. The minimum Gasteiger partial charge on any atom is -0.353 e. The highest BCUT2D eigenvalue weighted by Gasteiger charge is 2.45. The standard InChI is InChI=1S/C18H34N4OS/c1-3-17(23)19-16-14-18(15-16)4-6-20(7-5-18)8-9-21-10-12-22(24-2)13-11-21/h16H,3-15H2,1-2H3,(H,19,23). The number of amides is 1. The summed E-state index contributed by atoms with van der Waals surface area (Å²) < 4.78 is 2.46. The fourth-order valence-corrected chi connectivity index (χ4v) is 5.02. The van der Waals surface area contributed by atoms with Gasteiger partial charge in [0.15, 0.2) is 0 Å². The van der Waals surface area contributed by atoms with Crippen LogP contribution in [0.4, 0.5) is 0 Å². The van der Waals surface area contributed by atoms with E-state index in [-0.39, 0.29) is 5.91 Å². The van der Waals surface area contributed by atoms with Crippen LogP contribution in [0.5, 0.6) is 0 Å². The van der Waals surface area contributed by atoms with Crippen LogP contribution in [-0.4, -0.2) is 84.7 Å². The zero-order valence-electron chi connectivity index (χ0n) is 15.4. The van der Waals surface area contributed by atoms with Crippen LogP contribution in [0, 0.1) is 5.41 Å². The second-order valence-corrected chi connectivity index (χ2v) is 8.70. The Bertz CT molecular complexity index is 409. The lowest BCUT2D eigenvalue weighted by Crippen LogP contribution is -2.55. The number of hydrogen-bond acceptors (Lipinski definition) is 5. The van der Waals surface area contributed by atoms with Gasteiger partial charge in [-0.15, -0.1) is 0 Å². The molecular weight excluding hydrogens is 320 g/mol. The van der Waals surface area contributed by atoms with Gasteiger partial charge < -0.3 is 10.2 Å². The van der Waals surface area contributed by atoms with E-state index in [0.717, 1.165) is 0 Å². The summed E-state index contributed by atoms with van der Waals surface area (Å²) in [4.78, 5) is 16.8. The zero-order chi connectivity index (χ0) is 17.0. The molecule has 1 aliphatic carbocycles. The minimum atomic E-state index is 0.217. The van der Waals surface area contributed by atoms with Gasteiger partial charge in [-0.25, -0.2) is 4.31 Å². The van der Waals surface area contributed by atoms with E-state index in [1.165, 1.54) is 78.0 Å². The Kier molecular flexibility index (Phi) is 6.46. The van der Waals surface area contributed by atoms with Crippen LogP contribution < -0.4 is 5.32 Å². The normalized spacial score (nSPS) is 26.4. The van der Waals surface area contributed by atoms with Crippen LogP contribution in [0.25, 0.3) is 0 Å². The number of piperidine rings is 1. The molecule has 2 saturated heterocycles. The van der Waals surface area contributed by atoms with Gasteiger partial charge in [-0.3, -0.25) is 9.69 Å². The molecule has 0 radical (unpaired) electrons. The van der Waals surface area contributed by atoms with Gasteiger partial charge in [-0.05, 0) is 50.4 Å². The topological polar surface area (TPSA) is 38.8 Å². The van der Waals surface area contributed by atoms with Crippen molar-refractivity contribution in [3.05, 3.63) is 0 Å². The third-order valence-corrected chi connectivity index (χ3v) is 7.17. The van der Waals surface area contributed by atoms with E-state index in [2.05, 4.69) is 25.7 Å². The molecule has 1 spiro atoms. The molecule has 138 valence electrons. The van der Waals surface area contributed by atoms with Gasteiger partial charge in [-0.1, -0.05) is 18.9 Å². The highest BCUT2D eigenvalue weighted by molar-refractivity contribution is 7.96. The van der Waals surface area contributed by atoms with E-state index in [9.17, 15) is 4.79 Å². The number of nitrogens with zero attached hydrogens (tertiary/aromatic N) is 3. The van der Waals surface area contributed by atoms with Crippen molar-refractivity contribution in [1.29, 1.82) is 0 Å². The summed E-state index contributed by atoms with van der Waals surface area (Å²) in [6, 6.07) is 0.455. The summed E-state index contributed by atoms with van der Waals surface area (Å²) in [6.45, 7) is 11.7. The van der Waals surface area contributed by atoms with Crippen molar-refractivity contribution < 1.29 is 4.79 Å². The highest BCUT2D eigenvalue weighted by Crippen LogP contribution is 2.49. The van der Waals surface area contributed by atoms with Gasteiger partial charge in [-0.2, -0.15) is 0 Å². The van der Waals surface area contributed by atoms with Crippen LogP contribution in [0.2, 0.25) is 0 Å². The first-order valence-electron chi connectivity index (χ1n) is 9.65. The molecule has 3 aliphatic rings. The lowest BCUT2D eigenvalue weighted by molar-refractivity contribution is -0.123. The molecule has 3 rings (SSSR count). The highest BCUT2D eigenvalue weighted by atomic mass is 32.2. The van der Waals surface area contributed by atoms with Crippen LogP contribution in [0.1, 0.15) is 39.0 Å². The monoisotopic (exact) mass is 354 g/mol. The molecule has 0 aromatic carbocycles. The van der Waals surface area contributed by atoms with Gasteiger partial charge in [0.25, 0.3) is 0 Å². The summed E-state index contributed by atoms with van der Waals surface area (Å²) in [7, 11) is 0. The van der Waals surface area contributed by atoms with Crippen molar-refractivity contribution in [1.82, 2.24) is 19.4 Å². The molecule has 5 nitrogen and oxygen atoms in total. The van der Waals surface area contributed by atoms with E-state index in [0.29, 0.717) is 17.9 Å². The molecule has 2 aliphatic heterocycles. The Hall–Kier alpha value is -0.300. The van der Waals surface area contributed by atoms with Gasteiger partial charge in [0.05, 0.1) is 0 Å². The van der Waals surface area contributed by atoms with Gasteiger partial charge >= 0.3 is 0 Å². The first-order valence-corrected chi connectivity index (χ1v) is 10.8. The van der Waals surface area contributed by atoms with E-state index in [1.54, 1.807) is 0 Å². The molecule has 1 amide bonds. The van der Waals surface area contributed by atoms with E-state index in [1.807, 2.05) is 18.9 Å². The SMILES string of the molecule is CCC(=O)NC1CC2(CCN(CCN3CCN(SC)CC3)CC2)C1. The van der Waals surface area contributed by atoms with Crippen LogP contribution in [0.3, 0.4) is 0 Å². The molecular formula is C18H34N4OS. The summed E-state index contributed by atoms with van der Waals surface area (Å²) in [5, 5.41) is 3.16. The van der Waals surface area contributed by atoms with Crippen LogP contribution in [0.15, 0.2) is 0 Å². The fourth-order valence-electron chi connectivity index (χ4n) is 4.50. The average molecular weight is 355 g/mol. The summed E-state index contributed by atoms with van der Waals surface area (Å²) in [5.74, 6) is 0.217. The van der Waals surface area contributed by atoms with Crippen LogP contribution in [-0.2, 0) is 4.79 Å².